The van der Waals surface area contributed by atoms with Crippen molar-refractivity contribution in [2.75, 3.05) is 0 Å². The molecule has 0 bridgehead atoms. The summed E-state index contributed by atoms with van der Waals surface area (Å²) < 4.78 is 29.7. The molecule has 1 amide bonds. The second-order valence-electron chi connectivity index (χ2n) is 7.16. The van der Waals surface area contributed by atoms with Gasteiger partial charge in [-0.2, -0.15) is 5.10 Å². The first-order chi connectivity index (χ1) is 13.5. The van der Waals surface area contributed by atoms with Gasteiger partial charge in [-0.25, -0.2) is 13.5 Å². The highest BCUT2D eigenvalue weighted by atomic mass is 19.1. The zero-order valence-electron chi connectivity index (χ0n) is 15.6. The number of nitrogens with one attached hydrogen (secondary N) is 1. The summed E-state index contributed by atoms with van der Waals surface area (Å²) in [5, 5.41) is 7.34. The highest BCUT2D eigenvalue weighted by Gasteiger charge is 2.28. The molecule has 0 saturated heterocycles. The molecule has 28 heavy (non-hydrogen) atoms. The van der Waals surface area contributed by atoms with Crippen LogP contribution in [-0.2, 0) is 19.3 Å². The molecule has 1 aliphatic carbocycles. The topological polar surface area (TPSA) is 46.9 Å². The van der Waals surface area contributed by atoms with E-state index in [1.165, 1.54) is 12.1 Å². The summed E-state index contributed by atoms with van der Waals surface area (Å²) in [7, 11) is 0. The normalized spacial score (nSPS) is 14.0. The number of carbonyl (C=O) groups is 1. The molecule has 2 aromatic carbocycles. The fourth-order valence-corrected chi connectivity index (χ4v) is 3.78. The molecular weight excluding hydrogens is 360 g/mol. The van der Waals surface area contributed by atoms with Gasteiger partial charge in [-0.05, 0) is 56.4 Å². The fraction of sp³-hybridized carbons (Fsp3) is 0.273. The molecule has 4 rings (SSSR count). The molecule has 1 aromatic heterocycles. The van der Waals surface area contributed by atoms with Crippen LogP contribution in [0.2, 0.25) is 0 Å². The molecule has 3 aromatic rings. The summed E-state index contributed by atoms with van der Waals surface area (Å²) in [5.74, 6) is -0.968. The third-order valence-electron chi connectivity index (χ3n) is 5.09. The Kier molecular flexibility index (Phi) is 4.94. The molecule has 144 valence electrons. The van der Waals surface area contributed by atoms with Crippen LogP contribution in [0.1, 0.15) is 40.7 Å². The van der Waals surface area contributed by atoms with Crippen molar-refractivity contribution in [2.45, 2.75) is 38.6 Å². The van der Waals surface area contributed by atoms with Crippen molar-refractivity contribution < 1.29 is 13.6 Å². The smallest absolute Gasteiger partial charge is 0.272 e. The molecule has 1 heterocycles. The number of hydrogen-bond acceptors (Lipinski definition) is 2. The first-order valence-electron chi connectivity index (χ1n) is 9.44. The van der Waals surface area contributed by atoms with Crippen LogP contribution in [0.5, 0.6) is 0 Å². The van der Waals surface area contributed by atoms with Gasteiger partial charge in [-0.15, -0.1) is 0 Å². The van der Waals surface area contributed by atoms with Crippen molar-refractivity contribution in [1.82, 2.24) is 15.1 Å². The lowest BCUT2D eigenvalue weighted by molar-refractivity contribution is 0.0933. The van der Waals surface area contributed by atoms with Crippen LogP contribution in [-0.4, -0.2) is 21.7 Å². The van der Waals surface area contributed by atoms with Crippen LogP contribution in [0, 0.1) is 11.6 Å². The number of rotatable bonds is 5. The fourth-order valence-electron chi connectivity index (χ4n) is 3.78. The van der Waals surface area contributed by atoms with E-state index in [1.54, 1.807) is 41.1 Å². The highest BCUT2D eigenvalue weighted by molar-refractivity contribution is 5.94. The van der Waals surface area contributed by atoms with Gasteiger partial charge >= 0.3 is 0 Å². The Morgan fingerprint density at radius 2 is 1.82 bits per heavy atom. The van der Waals surface area contributed by atoms with E-state index in [2.05, 4.69) is 10.4 Å². The Morgan fingerprint density at radius 1 is 1.11 bits per heavy atom. The van der Waals surface area contributed by atoms with Crippen molar-refractivity contribution in [3.8, 4) is 5.69 Å². The van der Waals surface area contributed by atoms with E-state index in [1.807, 2.05) is 6.92 Å². The van der Waals surface area contributed by atoms with Crippen LogP contribution < -0.4 is 5.32 Å². The van der Waals surface area contributed by atoms with Gasteiger partial charge in [-0.3, -0.25) is 4.79 Å². The SMILES string of the molecule is CC(Cc1ccccc1F)NC(=O)c1nn(-c2ccccc2F)c2c1CCC2. The lowest BCUT2D eigenvalue weighted by Crippen LogP contribution is -2.35. The second kappa shape index (κ2) is 7.54. The Morgan fingerprint density at radius 3 is 2.57 bits per heavy atom. The van der Waals surface area contributed by atoms with E-state index in [9.17, 15) is 13.6 Å². The summed E-state index contributed by atoms with van der Waals surface area (Å²) in [6.45, 7) is 1.83. The van der Waals surface area contributed by atoms with Gasteiger partial charge < -0.3 is 5.32 Å². The second-order valence-corrected chi connectivity index (χ2v) is 7.16. The summed E-state index contributed by atoms with van der Waals surface area (Å²) in [6, 6.07) is 12.7. The van der Waals surface area contributed by atoms with E-state index >= 15 is 0 Å². The van der Waals surface area contributed by atoms with Crippen LogP contribution in [0.25, 0.3) is 5.69 Å². The van der Waals surface area contributed by atoms with Crippen molar-refractivity contribution in [1.29, 1.82) is 0 Å². The van der Waals surface area contributed by atoms with Crippen molar-refractivity contribution in [2.24, 2.45) is 0 Å². The maximum atomic E-state index is 14.2. The molecule has 0 fully saturated rings. The monoisotopic (exact) mass is 381 g/mol. The number of hydrogen-bond donors (Lipinski definition) is 1. The maximum absolute atomic E-state index is 14.2. The standard InChI is InChI=1S/C22H21F2N3O/c1-14(13-15-7-2-3-9-17(15)23)25-22(28)21-16-8-6-12-19(16)27(26-21)20-11-5-4-10-18(20)24/h2-5,7,9-11,14H,6,8,12-13H2,1H3,(H,25,28). The van der Waals surface area contributed by atoms with Crippen molar-refractivity contribution in [3.63, 3.8) is 0 Å². The molecule has 1 aliphatic rings. The third-order valence-corrected chi connectivity index (χ3v) is 5.09. The Labute approximate surface area is 162 Å². The molecular formula is C22H21F2N3O. The minimum Gasteiger partial charge on any atom is -0.348 e. The number of aromatic nitrogens is 2. The first-order valence-corrected chi connectivity index (χ1v) is 9.44. The molecule has 0 aliphatic heterocycles. The van der Waals surface area contributed by atoms with Crippen LogP contribution in [0.4, 0.5) is 8.78 Å². The van der Waals surface area contributed by atoms with Crippen LogP contribution in [0.3, 0.4) is 0 Å². The van der Waals surface area contributed by atoms with Gasteiger partial charge in [0.15, 0.2) is 5.69 Å². The van der Waals surface area contributed by atoms with Crippen molar-refractivity contribution >= 4 is 5.91 Å². The molecule has 0 spiro atoms. The van der Waals surface area contributed by atoms with Crippen LogP contribution >= 0.6 is 0 Å². The minimum absolute atomic E-state index is 0.264. The summed E-state index contributed by atoms with van der Waals surface area (Å²) in [4.78, 5) is 12.8. The quantitative estimate of drug-likeness (QED) is 0.726. The van der Waals surface area contributed by atoms with Gasteiger partial charge in [0.05, 0.1) is 0 Å². The number of nitrogens with zero attached hydrogens (tertiary/aromatic N) is 2. The molecule has 1 N–H and O–H groups in total. The highest BCUT2D eigenvalue weighted by Crippen LogP contribution is 2.28. The first kappa shape index (κ1) is 18.3. The van der Waals surface area contributed by atoms with Gasteiger partial charge in [0.1, 0.15) is 17.3 Å². The largest absolute Gasteiger partial charge is 0.348 e. The number of amides is 1. The number of para-hydroxylation sites is 1. The van der Waals surface area contributed by atoms with E-state index in [0.29, 0.717) is 23.4 Å². The molecule has 0 saturated carbocycles. The number of fused-ring (bicyclic) bond motifs is 1. The lowest BCUT2D eigenvalue weighted by atomic mass is 10.1. The predicted molar refractivity (Wildman–Crippen MR) is 103 cm³/mol. The minimum atomic E-state index is -0.375. The molecule has 0 radical (unpaired) electrons. The summed E-state index contributed by atoms with van der Waals surface area (Å²) in [5.41, 5.74) is 2.99. The number of halogens is 2. The van der Waals surface area contributed by atoms with E-state index < -0.39 is 0 Å². The van der Waals surface area contributed by atoms with Crippen molar-refractivity contribution in [3.05, 3.63) is 82.7 Å². The van der Waals surface area contributed by atoms with Gasteiger partial charge in [0, 0.05) is 17.3 Å². The third kappa shape index (κ3) is 3.42. The van der Waals surface area contributed by atoms with E-state index in [0.717, 1.165) is 30.5 Å². The average molecular weight is 381 g/mol. The molecule has 6 heteroatoms. The molecule has 1 unspecified atom stereocenters. The number of benzene rings is 2. The van der Waals surface area contributed by atoms with Crippen LogP contribution in [0.15, 0.2) is 48.5 Å². The Hall–Kier alpha value is -3.02. The zero-order valence-corrected chi connectivity index (χ0v) is 15.6. The van der Waals surface area contributed by atoms with Gasteiger partial charge in [-0.1, -0.05) is 30.3 Å². The number of carbonyl (C=O) groups excluding carboxylic acids is 1. The van der Waals surface area contributed by atoms with Gasteiger partial charge in [0.2, 0.25) is 0 Å². The van der Waals surface area contributed by atoms with E-state index in [4.69, 9.17) is 0 Å². The summed E-state index contributed by atoms with van der Waals surface area (Å²) >= 11 is 0. The Bertz CT molecular complexity index is 1030. The maximum Gasteiger partial charge on any atom is 0.272 e. The predicted octanol–water partition coefficient (Wildman–Crippen LogP) is 4.00. The van der Waals surface area contributed by atoms with E-state index in [-0.39, 0.29) is 23.6 Å². The molecule has 1 atom stereocenters. The zero-order chi connectivity index (χ0) is 19.7. The average Bonchev–Trinajstić information content (AvgIpc) is 3.27. The molecule has 4 nitrogen and oxygen atoms in total. The summed E-state index contributed by atoms with van der Waals surface area (Å²) in [6.07, 6.45) is 2.80. The lowest BCUT2D eigenvalue weighted by Gasteiger charge is -2.14. The Balaban J connectivity index is 1.58. The van der Waals surface area contributed by atoms with Gasteiger partial charge in [0.25, 0.3) is 5.91 Å².